The summed E-state index contributed by atoms with van der Waals surface area (Å²) in [6.07, 6.45) is 0. The van der Waals surface area contributed by atoms with E-state index in [-0.39, 0.29) is 44.5 Å². The van der Waals surface area contributed by atoms with E-state index in [2.05, 4.69) is 0 Å². The van der Waals surface area contributed by atoms with E-state index in [1.165, 1.54) is 97.1 Å². The van der Waals surface area contributed by atoms with Gasteiger partial charge in [-0.3, -0.25) is 0 Å². The second-order valence-corrected chi connectivity index (χ2v) is 13.1. The summed E-state index contributed by atoms with van der Waals surface area (Å²) < 4.78 is 18.9. The highest BCUT2D eigenvalue weighted by molar-refractivity contribution is 8.27. The van der Waals surface area contributed by atoms with E-state index in [0.29, 0.717) is 0 Å². The van der Waals surface area contributed by atoms with Crippen LogP contribution in [0, 0.1) is 0 Å². The molecule has 0 radical (unpaired) electrons. The summed E-state index contributed by atoms with van der Waals surface area (Å²) >= 11 is 0. The van der Waals surface area contributed by atoms with Crippen LogP contribution in [0.2, 0.25) is 0 Å². The van der Waals surface area contributed by atoms with Gasteiger partial charge < -0.3 is 18.9 Å². The van der Waals surface area contributed by atoms with Crippen LogP contribution in [-0.4, -0.2) is 74.4 Å². The molecule has 0 aliphatic heterocycles. The Morgan fingerprint density at radius 2 is 0.449 bits per heavy atom. The number of carbonyl (C=O) groups excluding carboxylic acids is 8. The molecule has 0 saturated heterocycles. The summed E-state index contributed by atoms with van der Waals surface area (Å²) in [5.74, 6) is -2.87. The molecule has 0 aromatic heterocycles. The fraction of sp³-hybridized carbons (Fsp3) is 0.111. The van der Waals surface area contributed by atoms with Crippen molar-refractivity contribution in [3.05, 3.63) is 142 Å². The first-order valence-corrected chi connectivity index (χ1v) is 16.1. The molecule has 0 bridgehead atoms. The van der Waals surface area contributed by atoms with Crippen LogP contribution in [-0.2, 0) is 18.9 Å². The lowest BCUT2D eigenvalue weighted by molar-refractivity contribution is 0.0592. The van der Waals surface area contributed by atoms with Crippen LogP contribution in [0.3, 0.4) is 0 Å². The Balaban J connectivity index is 2.02. The van der Waals surface area contributed by atoms with E-state index in [1.54, 1.807) is 0 Å². The van der Waals surface area contributed by atoms with Crippen molar-refractivity contribution in [1.82, 2.24) is 0 Å². The molecule has 0 amide bonds. The van der Waals surface area contributed by atoms with Crippen LogP contribution in [0.25, 0.3) is 0 Å². The highest BCUT2D eigenvalue weighted by atomic mass is 31.2. The normalized spacial score (nSPS) is 10.7. The van der Waals surface area contributed by atoms with E-state index in [9.17, 15) is 38.4 Å². The smallest absolute Gasteiger partial charge is 0.337 e. The van der Waals surface area contributed by atoms with E-state index in [4.69, 9.17) is 18.9 Å². The van der Waals surface area contributed by atoms with Crippen molar-refractivity contribution in [3.8, 4) is 0 Å². The number of methoxy groups -OCH3 is 4. The van der Waals surface area contributed by atoms with Gasteiger partial charge in [0.05, 0.1) is 72.9 Å². The van der Waals surface area contributed by atoms with E-state index in [1.807, 2.05) is 0 Å². The molecular formula is C36H28O12P+. The Kier molecular flexibility index (Phi) is 11.1. The van der Waals surface area contributed by atoms with Crippen molar-refractivity contribution < 1.29 is 57.3 Å². The molecule has 49 heavy (non-hydrogen) atoms. The molecule has 0 saturated carbocycles. The largest absolute Gasteiger partial charge is 0.465 e. The van der Waals surface area contributed by atoms with Crippen LogP contribution in [0.1, 0.15) is 82.9 Å². The van der Waals surface area contributed by atoms with Crippen LogP contribution in [0.4, 0.5) is 0 Å². The van der Waals surface area contributed by atoms with Crippen molar-refractivity contribution in [2.75, 3.05) is 28.4 Å². The monoisotopic (exact) mass is 683 g/mol. The summed E-state index contributed by atoms with van der Waals surface area (Å²) in [5.41, 5.74) is -5.23. The van der Waals surface area contributed by atoms with E-state index >= 15 is 0 Å². The second-order valence-electron chi connectivity index (χ2n) is 10.2. The van der Waals surface area contributed by atoms with Gasteiger partial charge in [-0.25, -0.2) is 38.4 Å². The number of hydrogen-bond acceptors (Lipinski definition) is 12. The van der Waals surface area contributed by atoms with Gasteiger partial charge >= 0.3 is 53.2 Å². The van der Waals surface area contributed by atoms with E-state index in [0.717, 1.165) is 28.4 Å². The molecule has 248 valence electrons. The summed E-state index contributed by atoms with van der Waals surface area (Å²) in [7, 11) is -0.299. The number of ether oxygens (including phenoxy) is 4. The molecule has 0 atom stereocenters. The Bertz CT molecular complexity index is 1670. The van der Waals surface area contributed by atoms with Crippen LogP contribution in [0.5, 0.6) is 0 Å². The SMILES string of the molecule is COC(=O)c1ccc(C(=O)[P+](C(=O)c2ccc(C(=O)OC)cc2)(C(=O)c2ccc(C(=O)OC)cc2)C(=O)c2ccc(C(=O)OC)cc2)cc1. The molecule has 4 aromatic carbocycles. The molecule has 0 spiro atoms. The van der Waals surface area contributed by atoms with Crippen molar-refractivity contribution in [1.29, 1.82) is 0 Å². The van der Waals surface area contributed by atoms with E-state index < -0.39 is 53.2 Å². The minimum atomic E-state index is -4.95. The maximum absolute atomic E-state index is 14.8. The quantitative estimate of drug-likeness (QED) is 0.104. The van der Waals surface area contributed by atoms with Crippen molar-refractivity contribution in [3.63, 3.8) is 0 Å². The maximum atomic E-state index is 14.8. The molecule has 0 fully saturated rings. The molecule has 13 heteroatoms. The topological polar surface area (TPSA) is 173 Å². The summed E-state index contributed by atoms with van der Waals surface area (Å²) in [4.78, 5) is 108. The van der Waals surface area contributed by atoms with Gasteiger partial charge in [-0.2, -0.15) is 0 Å². The van der Waals surface area contributed by atoms with Crippen LogP contribution in [0.15, 0.2) is 97.1 Å². The number of esters is 4. The second kappa shape index (κ2) is 15.2. The fourth-order valence-corrected chi connectivity index (χ4v) is 8.05. The molecular weight excluding hydrogens is 655 g/mol. The third-order valence-electron chi connectivity index (χ3n) is 7.43. The zero-order chi connectivity index (χ0) is 35.9. The third-order valence-corrected chi connectivity index (χ3v) is 10.9. The van der Waals surface area contributed by atoms with Gasteiger partial charge in [0, 0.05) is 0 Å². The zero-order valence-electron chi connectivity index (χ0n) is 26.6. The highest BCUT2D eigenvalue weighted by Crippen LogP contribution is 2.67. The lowest BCUT2D eigenvalue weighted by Gasteiger charge is -2.20. The molecule has 0 heterocycles. The minimum Gasteiger partial charge on any atom is -0.465 e. The zero-order valence-corrected chi connectivity index (χ0v) is 27.5. The molecule has 0 aliphatic rings. The summed E-state index contributed by atoms with van der Waals surface area (Å²) in [6.45, 7) is 0. The first-order valence-electron chi connectivity index (χ1n) is 14.3. The van der Waals surface area contributed by atoms with Gasteiger partial charge in [-0.1, -0.05) is 0 Å². The van der Waals surface area contributed by atoms with Gasteiger partial charge in [0.15, 0.2) is 0 Å². The highest BCUT2D eigenvalue weighted by Gasteiger charge is 2.69. The summed E-state index contributed by atoms with van der Waals surface area (Å²) in [6, 6.07) is 19.5. The number of rotatable bonds is 12. The standard InChI is InChI=1S/C36H28O12P/c1-45-29(37)21-5-13-25(14-6-21)33(41)49(34(42)26-15-7-22(8-16-26)30(38)46-2,35(43)27-17-9-23(10-18-27)31(39)47-3)36(44)28-19-11-24(12-20-28)32(40)48-4/h5-20H,1-4H3/q+1. The number of hydrogen-bond donors (Lipinski definition) is 0. The molecule has 4 rings (SSSR count). The average molecular weight is 684 g/mol. The first-order chi connectivity index (χ1) is 23.4. The average Bonchev–Trinajstić information content (AvgIpc) is 3.16. The molecule has 0 N–H and O–H groups in total. The fourth-order valence-electron chi connectivity index (χ4n) is 4.79. The maximum Gasteiger partial charge on any atom is 0.337 e. The predicted molar refractivity (Wildman–Crippen MR) is 175 cm³/mol. The molecule has 12 nitrogen and oxygen atoms in total. The summed E-state index contributed by atoms with van der Waals surface area (Å²) in [5, 5.41) is 0. The van der Waals surface area contributed by atoms with Crippen molar-refractivity contribution >= 4 is 53.2 Å². The lowest BCUT2D eigenvalue weighted by Crippen LogP contribution is -2.30. The molecule has 4 aromatic rings. The number of benzene rings is 4. The number of carbonyl (C=O) groups is 8. The van der Waals surface area contributed by atoms with Gasteiger partial charge in [-0.15, -0.1) is 0 Å². The van der Waals surface area contributed by atoms with Gasteiger partial charge in [0.1, 0.15) is 0 Å². The lowest BCUT2D eigenvalue weighted by atomic mass is 10.1. The van der Waals surface area contributed by atoms with Crippen LogP contribution < -0.4 is 0 Å². The first kappa shape index (κ1) is 35.7. The van der Waals surface area contributed by atoms with Gasteiger partial charge in [0.2, 0.25) is 0 Å². The van der Waals surface area contributed by atoms with Crippen LogP contribution >= 0.6 is 7.26 Å². The Morgan fingerprint density at radius 1 is 0.306 bits per heavy atom. The van der Waals surface area contributed by atoms with Gasteiger partial charge in [0.25, 0.3) is 0 Å². The third kappa shape index (κ3) is 6.95. The predicted octanol–water partition coefficient (Wildman–Crippen LogP) is 5.51. The van der Waals surface area contributed by atoms with Gasteiger partial charge in [-0.05, 0) is 97.1 Å². The molecule has 0 unspecified atom stereocenters. The van der Waals surface area contributed by atoms with Crippen molar-refractivity contribution in [2.24, 2.45) is 0 Å². The molecule has 0 aliphatic carbocycles. The minimum absolute atomic E-state index is 0.0576. The van der Waals surface area contributed by atoms with Crippen molar-refractivity contribution in [2.45, 2.75) is 0 Å². The Morgan fingerprint density at radius 3 is 0.592 bits per heavy atom. The Labute approximate surface area is 280 Å². The Hall–Kier alpha value is -6.13.